The Morgan fingerprint density at radius 3 is 2.67 bits per heavy atom. The van der Waals surface area contributed by atoms with Crippen LogP contribution in [0, 0.1) is 15.9 Å². The summed E-state index contributed by atoms with van der Waals surface area (Å²) in [6.07, 6.45) is -0.0363. The molecule has 0 saturated carbocycles. The summed E-state index contributed by atoms with van der Waals surface area (Å²) >= 11 is 1.13. The number of piperazine rings is 1. The number of nitrogens with one attached hydrogen (secondary N) is 1. The van der Waals surface area contributed by atoms with Crippen LogP contribution in [0.15, 0.2) is 30.3 Å². The van der Waals surface area contributed by atoms with E-state index >= 15 is 4.39 Å². The first-order valence-electron chi connectivity index (χ1n) is 11.8. The van der Waals surface area contributed by atoms with E-state index in [1.165, 1.54) is 17.0 Å². The van der Waals surface area contributed by atoms with Crippen LogP contribution in [0.4, 0.5) is 35.4 Å². The lowest BCUT2D eigenvalue weighted by atomic mass is 10.2. The van der Waals surface area contributed by atoms with Gasteiger partial charge in [0.1, 0.15) is 12.4 Å². The van der Waals surface area contributed by atoms with Crippen molar-refractivity contribution in [1.29, 1.82) is 0 Å². The minimum absolute atomic E-state index is 0.0849. The molecular formula is C23H28FN5O6S. The Balaban J connectivity index is 1.30. The molecule has 2 aromatic rings. The van der Waals surface area contributed by atoms with Gasteiger partial charge in [0.2, 0.25) is 0 Å². The zero-order valence-electron chi connectivity index (χ0n) is 19.9. The predicted molar refractivity (Wildman–Crippen MR) is 134 cm³/mol. The maximum absolute atomic E-state index is 15.0. The summed E-state index contributed by atoms with van der Waals surface area (Å²) in [6.45, 7) is 4.89. The largest absolute Gasteiger partial charge is 0.446 e. The molecule has 13 heteroatoms. The molecule has 11 nitrogen and oxygen atoms in total. The highest BCUT2D eigenvalue weighted by Gasteiger charge is 2.34. The first kappa shape index (κ1) is 25.5. The summed E-state index contributed by atoms with van der Waals surface area (Å²) in [5.41, 5.74) is 0.785. The monoisotopic (exact) mass is 521 g/mol. The van der Waals surface area contributed by atoms with Crippen molar-refractivity contribution in [3.8, 4) is 0 Å². The molecule has 36 heavy (non-hydrogen) atoms. The van der Waals surface area contributed by atoms with Gasteiger partial charge in [-0.25, -0.2) is 14.0 Å². The number of thiophene rings is 1. The summed E-state index contributed by atoms with van der Waals surface area (Å²) < 4.78 is 25.4. The van der Waals surface area contributed by atoms with Crippen molar-refractivity contribution >= 4 is 44.9 Å². The third kappa shape index (κ3) is 5.96. The molecule has 2 saturated heterocycles. The molecule has 2 aliphatic heterocycles. The fourth-order valence-electron chi connectivity index (χ4n) is 4.08. The van der Waals surface area contributed by atoms with Gasteiger partial charge in [-0.1, -0.05) is 13.3 Å². The fourth-order valence-corrected chi connectivity index (χ4v) is 4.95. The summed E-state index contributed by atoms with van der Waals surface area (Å²) in [5, 5.41) is 14.5. The third-order valence-electron chi connectivity index (χ3n) is 6.01. The van der Waals surface area contributed by atoms with E-state index in [1.54, 1.807) is 18.2 Å². The smallest absolute Gasteiger partial charge is 0.414 e. The van der Waals surface area contributed by atoms with E-state index in [4.69, 9.17) is 9.47 Å². The van der Waals surface area contributed by atoms with Crippen LogP contribution in [0.5, 0.6) is 0 Å². The second-order valence-electron chi connectivity index (χ2n) is 8.47. The molecule has 0 unspecified atom stereocenters. The van der Waals surface area contributed by atoms with Gasteiger partial charge in [-0.15, -0.1) is 0 Å². The van der Waals surface area contributed by atoms with Gasteiger partial charge in [0.05, 0.1) is 27.8 Å². The zero-order valence-corrected chi connectivity index (χ0v) is 20.7. The Labute approximate surface area is 211 Å². The SMILES string of the molecule is CCCCNC(=O)OC[C@H]1CN(c2ccc(N3CCN(c4ccc([N+](=O)[O-])s4)CC3)c(F)c2)C(=O)O1. The number of nitrogens with zero attached hydrogens (tertiary/aromatic N) is 4. The van der Waals surface area contributed by atoms with Crippen molar-refractivity contribution < 1.29 is 28.4 Å². The van der Waals surface area contributed by atoms with Crippen LogP contribution in [0.2, 0.25) is 0 Å². The average molecular weight is 522 g/mol. The number of nitro groups is 1. The van der Waals surface area contributed by atoms with Crippen LogP contribution in [-0.4, -0.2) is 69.1 Å². The number of unbranched alkanes of at least 4 members (excludes halogenated alkanes) is 1. The summed E-state index contributed by atoms with van der Waals surface area (Å²) in [5.74, 6) is -0.462. The number of carbonyl (C=O) groups excluding carboxylic acids is 2. The number of alkyl carbamates (subject to hydrolysis) is 1. The van der Waals surface area contributed by atoms with Crippen LogP contribution in [-0.2, 0) is 9.47 Å². The number of hydrogen-bond donors (Lipinski definition) is 1. The lowest BCUT2D eigenvalue weighted by molar-refractivity contribution is -0.380. The van der Waals surface area contributed by atoms with Gasteiger partial charge in [-0.3, -0.25) is 15.0 Å². The Morgan fingerprint density at radius 2 is 2.00 bits per heavy atom. The maximum atomic E-state index is 15.0. The molecule has 2 aliphatic rings. The minimum Gasteiger partial charge on any atom is -0.446 e. The summed E-state index contributed by atoms with van der Waals surface area (Å²) in [7, 11) is 0. The van der Waals surface area contributed by atoms with Crippen molar-refractivity contribution in [3.05, 3.63) is 46.3 Å². The molecule has 1 N–H and O–H groups in total. The minimum atomic E-state index is -0.640. The number of ether oxygens (including phenoxy) is 2. The molecule has 0 aliphatic carbocycles. The molecule has 194 valence electrons. The van der Waals surface area contributed by atoms with E-state index in [9.17, 15) is 19.7 Å². The number of carbonyl (C=O) groups is 2. The van der Waals surface area contributed by atoms with Crippen LogP contribution < -0.4 is 20.0 Å². The molecule has 1 aromatic carbocycles. The van der Waals surface area contributed by atoms with E-state index in [2.05, 4.69) is 5.32 Å². The second-order valence-corrected chi connectivity index (χ2v) is 9.51. The van der Waals surface area contributed by atoms with Crippen molar-refractivity contribution in [2.24, 2.45) is 0 Å². The molecule has 1 aromatic heterocycles. The number of benzene rings is 1. The third-order valence-corrected chi connectivity index (χ3v) is 7.10. The first-order chi connectivity index (χ1) is 17.4. The highest BCUT2D eigenvalue weighted by Crippen LogP contribution is 2.33. The number of rotatable bonds is 9. The van der Waals surface area contributed by atoms with Crippen molar-refractivity contribution in [2.75, 3.05) is 60.6 Å². The van der Waals surface area contributed by atoms with Gasteiger partial charge in [0.25, 0.3) is 0 Å². The molecule has 0 radical (unpaired) electrons. The molecule has 2 amide bonds. The van der Waals surface area contributed by atoms with Crippen LogP contribution in [0.1, 0.15) is 19.8 Å². The molecule has 3 heterocycles. The number of halogens is 1. The van der Waals surface area contributed by atoms with E-state index in [0.29, 0.717) is 44.1 Å². The number of anilines is 3. The van der Waals surface area contributed by atoms with Crippen molar-refractivity contribution in [3.63, 3.8) is 0 Å². The quantitative estimate of drug-likeness (QED) is 0.299. The lowest BCUT2D eigenvalue weighted by Crippen LogP contribution is -2.46. The Kier molecular flexibility index (Phi) is 8.08. The topological polar surface area (TPSA) is 117 Å². The molecule has 0 bridgehead atoms. The van der Waals surface area contributed by atoms with Crippen molar-refractivity contribution in [2.45, 2.75) is 25.9 Å². The van der Waals surface area contributed by atoms with Gasteiger partial charge in [-0.05, 0) is 42.0 Å². The Hall–Kier alpha value is -3.61. The van der Waals surface area contributed by atoms with Gasteiger partial charge < -0.3 is 24.6 Å². The highest BCUT2D eigenvalue weighted by atomic mass is 32.1. The fraction of sp³-hybridized carbons (Fsp3) is 0.478. The van der Waals surface area contributed by atoms with E-state index in [-0.39, 0.29) is 18.2 Å². The van der Waals surface area contributed by atoms with Crippen LogP contribution in [0.3, 0.4) is 0 Å². The van der Waals surface area contributed by atoms with Crippen LogP contribution in [0.25, 0.3) is 0 Å². The van der Waals surface area contributed by atoms with E-state index in [0.717, 1.165) is 29.2 Å². The second kappa shape index (κ2) is 11.4. The molecule has 4 rings (SSSR count). The summed E-state index contributed by atoms with van der Waals surface area (Å²) in [6, 6.07) is 7.82. The number of amides is 2. The highest BCUT2D eigenvalue weighted by molar-refractivity contribution is 7.19. The lowest BCUT2D eigenvalue weighted by Gasteiger charge is -2.36. The number of hydrogen-bond acceptors (Lipinski definition) is 9. The standard InChI is InChI=1S/C23H28FN5O6S/c1-2-3-8-25-22(30)34-15-17-14-28(23(31)35-17)16-4-5-19(18(24)13-16)26-9-11-27(12-10-26)20-6-7-21(36-20)29(32)33/h4-7,13,17H,2-3,8-12,14-15H2,1H3,(H,25,30)/t17-/m1/s1. The molecule has 1 atom stereocenters. The Morgan fingerprint density at radius 1 is 1.25 bits per heavy atom. The maximum Gasteiger partial charge on any atom is 0.414 e. The zero-order chi connectivity index (χ0) is 25.7. The first-order valence-corrected chi connectivity index (χ1v) is 12.6. The van der Waals surface area contributed by atoms with Gasteiger partial charge in [0.15, 0.2) is 6.10 Å². The molecular weight excluding hydrogens is 493 g/mol. The average Bonchev–Trinajstić information content (AvgIpc) is 3.50. The van der Waals surface area contributed by atoms with E-state index < -0.39 is 29.0 Å². The van der Waals surface area contributed by atoms with Gasteiger partial charge >= 0.3 is 17.2 Å². The number of cyclic esters (lactones) is 1. The van der Waals surface area contributed by atoms with Gasteiger partial charge in [-0.2, -0.15) is 0 Å². The molecule has 0 spiro atoms. The molecule has 2 fully saturated rings. The van der Waals surface area contributed by atoms with Crippen LogP contribution >= 0.6 is 11.3 Å². The predicted octanol–water partition coefficient (Wildman–Crippen LogP) is 3.97. The Bertz CT molecular complexity index is 1110. The normalized spacial score (nSPS) is 17.8. The van der Waals surface area contributed by atoms with Gasteiger partial charge in [0, 0.05) is 38.8 Å². The summed E-state index contributed by atoms with van der Waals surface area (Å²) in [4.78, 5) is 39.8. The van der Waals surface area contributed by atoms with E-state index in [1.807, 2.05) is 16.7 Å². The van der Waals surface area contributed by atoms with Crippen molar-refractivity contribution in [1.82, 2.24) is 5.32 Å².